The van der Waals surface area contributed by atoms with E-state index < -0.39 is 0 Å². The van der Waals surface area contributed by atoms with Crippen LogP contribution in [0.4, 0.5) is 0 Å². The monoisotopic (exact) mass is 438 g/mol. The number of rotatable bonds is 3. The Kier molecular flexibility index (Phi) is 10.1. The van der Waals surface area contributed by atoms with Crippen molar-refractivity contribution in [2.75, 3.05) is 39.3 Å². The van der Waals surface area contributed by atoms with Crippen LogP contribution < -0.4 is 0 Å². The van der Waals surface area contributed by atoms with Crippen LogP contribution in [-0.4, -0.2) is 72.1 Å². The zero-order valence-corrected chi connectivity index (χ0v) is 19.2. The molecule has 4 fully saturated rings. The van der Waals surface area contributed by atoms with Crippen LogP contribution in [0.3, 0.4) is 0 Å². The van der Waals surface area contributed by atoms with Gasteiger partial charge in [-0.05, 0) is 38.5 Å². The summed E-state index contributed by atoms with van der Waals surface area (Å²) in [5.41, 5.74) is 0. The standard InChI is InChI=1S/C24H45N3.Cu/c1-4-10-22(11-5-1)25-16-18-26(23-12-6-2-7-13-23)20-21-27(19-17-25)24-14-8-3-9-15-24;/h22-24H,1-21H2;. The van der Waals surface area contributed by atoms with Gasteiger partial charge >= 0.3 is 0 Å². The summed E-state index contributed by atoms with van der Waals surface area (Å²) in [6, 6.07) is 2.66. The van der Waals surface area contributed by atoms with Crippen molar-refractivity contribution in [3.8, 4) is 0 Å². The molecule has 0 N–H and O–H groups in total. The summed E-state index contributed by atoms with van der Waals surface area (Å²) >= 11 is 0. The summed E-state index contributed by atoms with van der Waals surface area (Å²) in [7, 11) is 0. The quantitative estimate of drug-likeness (QED) is 0.580. The fourth-order valence-corrected chi connectivity index (χ4v) is 6.54. The summed E-state index contributed by atoms with van der Waals surface area (Å²) in [5.74, 6) is 0. The van der Waals surface area contributed by atoms with Crippen LogP contribution in [0.15, 0.2) is 0 Å². The molecule has 4 aliphatic rings. The average Bonchev–Trinajstić information content (AvgIpc) is 2.86. The predicted molar refractivity (Wildman–Crippen MR) is 115 cm³/mol. The molecule has 0 spiro atoms. The molecule has 1 aliphatic heterocycles. The molecule has 0 aromatic rings. The van der Waals surface area contributed by atoms with Gasteiger partial charge in [0, 0.05) is 74.5 Å². The largest absolute Gasteiger partial charge is 0.298 e. The van der Waals surface area contributed by atoms with Gasteiger partial charge in [-0.1, -0.05) is 57.8 Å². The van der Waals surface area contributed by atoms with Gasteiger partial charge in [0.05, 0.1) is 0 Å². The molecule has 0 atom stereocenters. The van der Waals surface area contributed by atoms with E-state index in [4.69, 9.17) is 0 Å². The van der Waals surface area contributed by atoms with Gasteiger partial charge in [0.2, 0.25) is 0 Å². The van der Waals surface area contributed by atoms with Gasteiger partial charge in [-0.25, -0.2) is 0 Å². The smallest absolute Gasteiger partial charge is 0.0113 e. The van der Waals surface area contributed by atoms with E-state index in [9.17, 15) is 0 Å². The van der Waals surface area contributed by atoms with Gasteiger partial charge in [-0.2, -0.15) is 0 Å². The first-order valence-electron chi connectivity index (χ1n) is 12.6. The maximum absolute atomic E-state index is 2.93. The minimum Gasteiger partial charge on any atom is -0.298 e. The first-order chi connectivity index (χ1) is 13.4. The number of hydrogen-bond donors (Lipinski definition) is 0. The fraction of sp³-hybridized carbons (Fsp3) is 1.00. The van der Waals surface area contributed by atoms with E-state index in [-0.39, 0.29) is 17.1 Å². The van der Waals surface area contributed by atoms with Crippen LogP contribution in [0, 0.1) is 0 Å². The zero-order valence-electron chi connectivity index (χ0n) is 18.2. The topological polar surface area (TPSA) is 9.72 Å². The van der Waals surface area contributed by atoms with Crippen molar-refractivity contribution < 1.29 is 17.1 Å². The van der Waals surface area contributed by atoms with Gasteiger partial charge in [0.15, 0.2) is 0 Å². The molecule has 167 valence electrons. The van der Waals surface area contributed by atoms with E-state index in [2.05, 4.69) is 14.7 Å². The van der Waals surface area contributed by atoms with Crippen molar-refractivity contribution in [2.24, 2.45) is 0 Å². The second-order valence-electron chi connectivity index (χ2n) is 9.98. The Balaban J connectivity index is 0.00000225. The third-order valence-corrected chi connectivity index (χ3v) is 8.30. The molecule has 0 aromatic heterocycles. The van der Waals surface area contributed by atoms with E-state index in [1.54, 1.807) is 0 Å². The fourth-order valence-electron chi connectivity index (χ4n) is 6.54. The molecule has 1 heterocycles. The number of nitrogens with zero attached hydrogens (tertiary/aromatic N) is 3. The van der Waals surface area contributed by atoms with E-state index in [0.717, 1.165) is 18.1 Å². The molecule has 3 saturated carbocycles. The molecule has 28 heavy (non-hydrogen) atoms. The van der Waals surface area contributed by atoms with E-state index >= 15 is 0 Å². The molecule has 4 rings (SSSR count). The van der Waals surface area contributed by atoms with Crippen molar-refractivity contribution >= 4 is 0 Å². The summed E-state index contributed by atoms with van der Waals surface area (Å²) in [6.45, 7) is 8.00. The Labute approximate surface area is 185 Å². The first kappa shape index (κ1) is 23.1. The molecule has 0 aromatic carbocycles. The van der Waals surface area contributed by atoms with E-state index in [0.29, 0.717) is 0 Å². The van der Waals surface area contributed by atoms with Crippen LogP contribution in [0.1, 0.15) is 96.3 Å². The van der Waals surface area contributed by atoms with Crippen molar-refractivity contribution in [1.82, 2.24) is 14.7 Å². The van der Waals surface area contributed by atoms with Crippen molar-refractivity contribution in [3.05, 3.63) is 0 Å². The molecule has 4 heteroatoms. The van der Waals surface area contributed by atoms with Gasteiger partial charge in [-0.15, -0.1) is 0 Å². The van der Waals surface area contributed by atoms with Crippen LogP contribution >= 0.6 is 0 Å². The van der Waals surface area contributed by atoms with E-state index in [1.165, 1.54) is 136 Å². The SMILES string of the molecule is C1CCC(N2CCN(C3CCCCC3)CCN(C3CCCCC3)CC2)CC1.[Cu]. The maximum Gasteiger partial charge on any atom is 0.0113 e. The summed E-state index contributed by atoms with van der Waals surface area (Å²) < 4.78 is 0. The molecule has 0 unspecified atom stereocenters. The second kappa shape index (κ2) is 12.3. The molecular formula is C24H45CuN3. The van der Waals surface area contributed by atoms with Crippen molar-refractivity contribution in [1.29, 1.82) is 0 Å². The predicted octanol–water partition coefficient (Wildman–Crippen LogP) is 4.90. The van der Waals surface area contributed by atoms with Gasteiger partial charge in [0.1, 0.15) is 0 Å². The van der Waals surface area contributed by atoms with Gasteiger partial charge in [-0.3, -0.25) is 14.7 Å². The third kappa shape index (κ3) is 6.45. The molecule has 1 saturated heterocycles. The van der Waals surface area contributed by atoms with Crippen LogP contribution in [0.5, 0.6) is 0 Å². The summed E-state index contributed by atoms with van der Waals surface area (Å²) in [4.78, 5) is 8.78. The molecule has 1 radical (unpaired) electrons. The molecule has 3 aliphatic carbocycles. The van der Waals surface area contributed by atoms with Gasteiger partial charge in [0.25, 0.3) is 0 Å². The molecule has 3 nitrogen and oxygen atoms in total. The number of hydrogen-bond acceptors (Lipinski definition) is 3. The Morgan fingerprint density at radius 1 is 0.321 bits per heavy atom. The molecular weight excluding hydrogens is 394 g/mol. The minimum absolute atomic E-state index is 0. The summed E-state index contributed by atoms with van der Waals surface area (Å²) in [5, 5.41) is 0. The second-order valence-corrected chi connectivity index (χ2v) is 9.98. The van der Waals surface area contributed by atoms with Crippen LogP contribution in [-0.2, 0) is 17.1 Å². The Bertz CT molecular complexity index is 340. The first-order valence-corrected chi connectivity index (χ1v) is 12.6. The van der Waals surface area contributed by atoms with Crippen molar-refractivity contribution in [2.45, 2.75) is 114 Å². The molecule has 0 amide bonds. The normalized spacial score (nSPS) is 29.6. The third-order valence-electron chi connectivity index (χ3n) is 8.30. The molecule has 0 bridgehead atoms. The van der Waals surface area contributed by atoms with Crippen LogP contribution in [0.2, 0.25) is 0 Å². The summed E-state index contributed by atoms with van der Waals surface area (Å²) in [6.07, 6.45) is 22.1. The zero-order chi connectivity index (χ0) is 18.3. The van der Waals surface area contributed by atoms with Crippen molar-refractivity contribution in [3.63, 3.8) is 0 Å². The Morgan fingerprint density at radius 2 is 0.536 bits per heavy atom. The Morgan fingerprint density at radius 3 is 0.750 bits per heavy atom. The van der Waals surface area contributed by atoms with Gasteiger partial charge < -0.3 is 0 Å². The average molecular weight is 439 g/mol. The van der Waals surface area contributed by atoms with Crippen LogP contribution in [0.25, 0.3) is 0 Å². The Hall–Kier alpha value is 0.399. The minimum atomic E-state index is 0. The maximum atomic E-state index is 2.93. The van der Waals surface area contributed by atoms with E-state index in [1.807, 2.05) is 0 Å².